The maximum absolute atomic E-state index is 11.3. The molecule has 0 atom stereocenters. The van der Waals surface area contributed by atoms with Crippen molar-refractivity contribution in [2.45, 2.75) is 78.6 Å². The third-order valence-electron chi connectivity index (χ3n) is 3.24. The Bertz CT molecular complexity index is 231. The van der Waals surface area contributed by atoms with E-state index in [-0.39, 0.29) is 5.97 Å². The fourth-order valence-electron chi connectivity index (χ4n) is 1.81. The van der Waals surface area contributed by atoms with Crippen LogP contribution in [0.1, 0.15) is 78.6 Å². The number of esters is 1. The van der Waals surface area contributed by atoms with E-state index in [1.54, 1.807) is 13.0 Å². The molecule has 0 radical (unpaired) electrons. The van der Waals surface area contributed by atoms with Crippen molar-refractivity contribution in [2.75, 3.05) is 6.61 Å². The van der Waals surface area contributed by atoms with Gasteiger partial charge >= 0.3 is 5.97 Å². The zero-order chi connectivity index (χ0) is 13.6. The molecule has 0 rings (SSSR count). The zero-order valence-electron chi connectivity index (χ0n) is 12.5. The van der Waals surface area contributed by atoms with Crippen molar-refractivity contribution in [1.29, 1.82) is 0 Å². The summed E-state index contributed by atoms with van der Waals surface area (Å²) in [6, 6.07) is 0. The van der Waals surface area contributed by atoms with Crippen LogP contribution >= 0.6 is 0 Å². The Kier molecular flexibility index (Phi) is 12.1. The van der Waals surface area contributed by atoms with E-state index in [9.17, 15) is 4.79 Å². The molecule has 0 aromatic rings. The number of rotatable bonds is 11. The van der Waals surface area contributed by atoms with Crippen LogP contribution in [-0.2, 0) is 9.53 Å². The molecule has 0 bridgehead atoms. The first-order chi connectivity index (χ1) is 8.72. The Hall–Kier alpha value is -0.790. The smallest absolute Gasteiger partial charge is 0.333 e. The highest BCUT2D eigenvalue weighted by Crippen LogP contribution is 2.09. The van der Waals surface area contributed by atoms with Gasteiger partial charge in [0.1, 0.15) is 0 Å². The van der Waals surface area contributed by atoms with Crippen molar-refractivity contribution in [2.24, 2.45) is 0 Å². The molecule has 0 N–H and O–H groups in total. The van der Waals surface area contributed by atoms with Gasteiger partial charge in [-0.3, -0.25) is 0 Å². The number of carbonyl (C=O) groups excluding carboxylic acids is 1. The molecule has 0 saturated heterocycles. The van der Waals surface area contributed by atoms with Gasteiger partial charge < -0.3 is 4.74 Å². The molecule has 0 amide bonds. The predicted molar refractivity (Wildman–Crippen MR) is 77.6 cm³/mol. The second kappa shape index (κ2) is 12.7. The largest absolute Gasteiger partial charge is 0.462 e. The van der Waals surface area contributed by atoms with Gasteiger partial charge in [-0.05, 0) is 20.3 Å². The Morgan fingerprint density at radius 2 is 1.44 bits per heavy atom. The van der Waals surface area contributed by atoms with Gasteiger partial charge in [0.15, 0.2) is 0 Å². The van der Waals surface area contributed by atoms with Crippen LogP contribution in [0.2, 0.25) is 0 Å². The van der Waals surface area contributed by atoms with Crippen molar-refractivity contribution >= 4 is 5.97 Å². The first-order valence-corrected chi connectivity index (χ1v) is 7.52. The maximum Gasteiger partial charge on any atom is 0.333 e. The summed E-state index contributed by atoms with van der Waals surface area (Å²) >= 11 is 0. The SMILES string of the molecule is C/C=C(\C)C(=O)OCCCCCCCCCCC. The van der Waals surface area contributed by atoms with Crippen LogP contribution in [0.3, 0.4) is 0 Å². The van der Waals surface area contributed by atoms with E-state index < -0.39 is 0 Å². The van der Waals surface area contributed by atoms with E-state index >= 15 is 0 Å². The number of unbranched alkanes of at least 4 members (excludes halogenated alkanes) is 8. The highest BCUT2D eigenvalue weighted by atomic mass is 16.5. The Morgan fingerprint density at radius 3 is 1.94 bits per heavy atom. The summed E-state index contributed by atoms with van der Waals surface area (Å²) < 4.78 is 5.15. The lowest BCUT2D eigenvalue weighted by Crippen LogP contribution is -2.06. The molecular weight excluding hydrogens is 224 g/mol. The van der Waals surface area contributed by atoms with E-state index in [0.29, 0.717) is 12.2 Å². The van der Waals surface area contributed by atoms with Crippen LogP contribution in [0.25, 0.3) is 0 Å². The van der Waals surface area contributed by atoms with Crippen molar-refractivity contribution in [3.63, 3.8) is 0 Å². The Labute approximate surface area is 113 Å². The molecule has 0 saturated carbocycles. The number of ether oxygens (including phenoxy) is 1. The van der Waals surface area contributed by atoms with Crippen LogP contribution in [0.5, 0.6) is 0 Å². The zero-order valence-corrected chi connectivity index (χ0v) is 12.5. The van der Waals surface area contributed by atoms with Gasteiger partial charge in [0.25, 0.3) is 0 Å². The van der Waals surface area contributed by atoms with E-state index in [1.807, 2.05) is 6.92 Å². The molecule has 0 aromatic carbocycles. The van der Waals surface area contributed by atoms with Gasteiger partial charge in [0.05, 0.1) is 6.61 Å². The Balaban J connectivity index is 3.19. The third kappa shape index (κ3) is 10.4. The molecular formula is C16H30O2. The minimum absolute atomic E-state index is 0.169. The van der Waals surface area contributed by atoms with E-state index in [1.165, 1.54) is 51.4 Å². The lowest BCUT2D eigenvalue weighted by Gasteiger charge is -2.04. The van der Waals surface area contributed by atoms with Crippen LogP contribution in [0.4, 0.5) is 0 Å². The van der Waals surface area contributed by atoms with Gasteiger partial charge in [-0.1, -0.05) is 64.4 Å². The van der Waals surface area contributed by atoms with E-state index in [4.69, 9.17) is 4.74 Å². The normalized spacial score (nSPS) is 11.6. The van der Waals surface area contributed by atoms with Crippen molar-refractivity contribution in [3.05, 3.63) is 11.6 Å². The molecule has 0 aliphatic rings. The summed E-state index contributed by atoms with van der Waals surface area (Å²) in [5, 5.41) is 0. The summed E-state index contributed by atoms with van der Waals surface area (Å²) in [4.78, 5) is 11.3. The van der Waals surface area contributed by atoms with Crippen molar-refractivity contribution in [1.82, 2.24) is 0 Å². The number of hydrogen-bond donors (Lipinski definition) is 0. The number of carbonyl (C=O) groups is 1. The average Bonchev–Trinajstić information content (AvgIpc) is 2.39. The van der Waals surface area contributed by atoms with Gasteiger partial charge in [-0.15, -0.1) is 0 Å². The summed E-state index contributed by atoms with van der Waals surface area (Å²) in [7, 11) is 0. The molecule has 0 fully saturated rings. The summed E-state index contributed by atoms with van der Waals surface area (Å²) in [6.07, 6.45) is 13.4. The summed E-state index contributed by atoms with van der Waals surface area (Å²) in [5.74, 6) is -0.169. The topological polar surface area (TPSA) is 26.3 Å². The number of allylic oxidation sites excluding steroid dienone is 1. The van der Waals surface area contributed by atoms with Crippen LogP contribution in [0.15, 0.2) is 11.6 Å². The highest BCUT2D eigenvalue weighted by Gasteiger charge is 2.03. The molecule has 0 spiro atoms. The maximum atomic E-state index is 11.3. The molecule has 18 heavy (non-hydrogen) atoms. The minimum Gasteiger partial charge on any atom is -0.462 e. The molecule has 0 aromatic heterocycles. The predicted octanol–water partition coefficient (Wildman–Crippen LogP) is 5.03. The van der Waals surface area contributed by atoms with Gasteiger partial charge in [-0.2, -0.15) is 0 Å². The van der Waals surface area contributed by atoms with Gasteiger partial charge in [0.2, 0.25) is 0 Å². The second-order valence-corrected chi connectivity index (χ2v) is 4.94. The van der Waals surface area contributed by atoms with E-state index in [2.05, 4.69) is 6.92 Å². The van der Waals surface area contributed by atoms with Crippen LogP contribution in [-0.4, -0.2) is 12.6 Å². The molecule has 106 valence electrons. The van der Waals surface area contributed by atoms with Crippen LogP contribution < -0.4 is 0 Å². The molecule has 0 aliphatic heterocycles. The fourth-order valence-corrected chi connectivity index (χ4v) is 1.81. The van der Waals surface area contributed by atoms with Gasteiger partial charge in [0, 0.05) is 5.57 Å². The van der Waals surface area contributed by atoms with E-state index in [0.717, 1.165) is 6.42 Å². The second-order valence-electron chi connectivity index (χ2n) is 4.94. The lowest BCUT2D eigenvalue weighted by atomic mass is 10.1. The summed E-state index contributed by atoms with van der Waals surface area (Å²) in [5.41, 5.74) is 0.700. The fraction of sp³-hybridized carbons (Fsp3) is 0.812. The standard InChI is InChI=1S/C16H30O2/c1-4-6-7-8-9-10-11-12-13-14-18-16(17)15(3)5-2/h5H,4,6-14H2,1-3H3/b15-5+. The molecule has 0 aliphatic carbocycles. The Morgan fingerprint density at radius 1 is 0.944 bits per heavy atom. The number of hydrogen-bond acceptors (Lipinski definition) is 2. The van der Waals surface area contributed by atoms with Crippen LogP contribution in [0, 0.1) is 0 Å². The van der Waals surface area contributed by atoms with Crippen molar-refractivity contribution in [3.8, 4) is 0 Å². The lowest BCUT2D eigenvalue weighted by molar-refractivity contribution is -0.139. The minimum atomic E-state index is -0.169. The molecule has 0 unspecified atom stereocenters. The quantitative estimate of drug-likeness (QED) is 0.294. The van der Waals surface area contributed by atoms with Gasteiger partial charge in [-0.25, -0.2) is 4.79 Å². The molecule has 2 nitrogen and oxygen atoms in total. The summed E-state index contributed by atoms with van der Waals surface area (Å²) in [6.45, 7) is 6.46. The van der Waals surface area contributed by atoms with Crippen molar-refractivity contribution < 1.29 is 9.53 Å². The monoisotopic (exact) mass is 254 g/mol. The first-order valence-electron chi connectivity index (χ1n) is 7.52. The third-order valence-corrected chi connectivity index (χ3v) is 3.24. The average molecular weight is 254 g/mol. The molecule has 2 heteroatoms. The highest BCUT2D eigenvalue weighted by molar-refractivity contribution is 5.87. The molecule has 0 heterocycles. The first kappa shape index (κ1) is 17.2.